The number of carbonyl (C=O) groups excluding carboxylic acids is 1. The highest BCUT2D eigenvalue weighted by Gasteiger charge is 2.16. The lowest BCUT2D eigenvalue weighted by atomic mass is 9.98. The van der Waals surface area contributed by atoms with Gasteiger partial charge in [0.05, 0.1) is 0 Å². The van der Waals surface area contributed by atoms with Crippen molar-refractivity contribution in [3.8, 4) is 0 Å². The van der Waals surface area contributed by atoms with Crippen LogP contribution in [-0.2, 0) is 4.79 Å². The zero-order chi connectivity index (χ0) is 13.5. The molecule has 0 bridgehead atoms. The zero-order valence-corrected chi connectivity index (χ0v) is 12.2. The Morgan fingerprint density at radius 1 is 1.39 bits per heavy atom. The maximum absolute atomic E-state index is 12.2. The van der Waals surface area contributed by atoms with Crippen molar-refractivity contribution in [3.63, 3.8) is 0 Å². The van der Waals surface area contributed by atoms with Crippen molar-refractivity contribution < 1.29 is 4.79 Å². The summed E-state index contributed by atoms with van der Waals surface area (Å²) in [5, 5.41) is 3.68. The van der Waals surface area contributed by atoms with Crippen LogP contribution in [0.15, 0.2) is 18.2 Å². The highest BCUT2D eigenvalue weighted by Crippen LogP contribution is 2.24. The molecule has 2 nitrogen and oxygen atoms in total. The second-order valence-corrected chi connectivity index (χ2v) is 5.06. The van der Waals surface area contributed by atoms with Gasteiger partial charge in [0.1, 0.15) is 0 Å². The first kappa shape index (κ1) is 15.0. The van der Waals surface area contributed by atoms with Crippen molar-refractivity contribution in [1.29, 1.82) is 0 Å². The molecule has 0 aliphatic heterocycles. The van der Waals surface area contributed by atoms with Crippen LogP contribution in [0.4, 0.5) is 5.69 Å². The van der Waals surface area contributed by atoms with Crippen LogP contribution in [-0.4, -0.2) is 5.91 Å². The summed E-state index contributed by atoms with van der Waals surface area (Å²) in [4.78, 5) is 12.2. The topological polar surface area (TPSA) is 29.1 Å². The molecular weight excluding hydrogens is 246 g/mol. The molecule has 0 saturated heterocycles. The van der Waals surface area contributed by atoms with Gasteiger partial charge in [0.25, 0.3) is 0 Å². The summed E-state index contributed by atoms with van der Waals surface area (Å²) in [6.07, 6.45) is 4.06. The van der Waals surface area contributed by atoms with Gasteiger partial charge < -0.3 is 5.32 Å². The summed E-state index contributed by atoms with van der Waals surface area (Å²) in [7, 11) is 0. The standard InChI is InChI=1S/C15H22ClNO/c1-4-6-8-12(5-2)15(18)17-14-10-7-9-13(16)11(14)3/h7,9-10,12H,4-6,8H2,1-3H3,(H,17,18). The van der Waals surface area contributed by atoms with Gasteiger partial charge >= 0.3 is 0 Å². The Morgan fingerprint density at radius 3 is 2.72 bits per heavy atom. The van der Waals surface area contributed by atoms with Gasteiger partial charge in [-0.2, -0.15) is 0 Å². The molecule has 0 heterocycles. The van der Waals surface area contributed by atoms with Gasteiger partial charge in [0.15, 0.2) is 0 Å². The molecule has 0 fully saturated rings. The quantitative estimate of drug-likeness (QED) is 0.788. The number of carbonyl (C=O) groups is 1. The summed E-state index contributed by atoms with van der Waals surface area (Å²) in [6, 6.07) is 5.59. The Morgan fingerprint density at radius 2 is 2.11 bits per heavy atom. The predicted molar refractivity (Wildman–Crippen MR) is 78.1 cm³/mol. The average molecular weight is 268 g/mol. The van der Waals surface area contributed by atoms with E-state index < -0.39 is 0 Å². The van der Waals surface area contributed by atoms with E-state index in [0.29, 0.717) is 5.02 Å². The van der Waals surface area contributed by atoms with Crippen LogP contribution in [0.3, 0.4) is 0 Å². The molecule has 100 valence electrons. The number of hydrogen-bond acceptors (Lipinski definition) is 1. The van der Waals surface area contributed by atoms with Crippen molar-refractivity contribution in [2.24, 2.45) is 5.92 Å². The van der Waals surface area contributed by atoms with Crippen molar-refractivity contribution in [2.75, 3.05) is 5.32 Å². The van der Waals surface area contributed by atoms with Crippen LogP contribution < -0.4 is 5.32 Å². The maximum atomic E-state index is 12.2. The van der Waals surface area contributed by atoms with Gasteiger partial charge in [-0.3, -0.25) is 4.79 Å². The van der Waals surface area contributed by atoms with Crippen LogP contribution in [0.25, 0.3) is 0 Å². The number of rotatable bonds is 6. The Hall–Kier alpha value is -1.02. The van der Waals surface area contributed by atoms with Gasteiger partial charge in [-0.1, -0.05) is 44.4 Å². The molecule has 18 heavy (non-hydrogen) atoms. The van der Waals surface area contributed by atoms with E-state index in [2.05, 4.69) is 19.2 Å². The number of unbranched alkanes of at least 4 members (excludes halogenated alkanes) is 1. The summed E-state index contributed by atoms with van der Waals surface area (Å²) >= 11 is 6.04. The second kappa shape index (κ2) is 7.42. The lowest BCUT2D eigenvalue weighted by Crippen LogP contribution is -2.22. The fraction of sp³-hybridized carbons (Fsp3) is 0.533. The molecule has 1 amide bonds. The minimum absolute atomic E-state index is 0.100. The molecule has 0 aliphatic rings. The summed E-state index contributed by atoms with van der Waals surface area (Å²) in [5.74, 6) is 0.208. The normalized spacial score (nSPS) is 12.2. The molecule has 1 aromatic carbocycles. The van der Waals surface area contributed by atoms with E-state index in [4.69, 9.17) is 11.6 Å². The van der Waals surface area contributed by atoms with E-state index in [0.717, 1.165) is 36.9 Å². The number of amides is 1. The van der Waals surface area contributed by atoms with E-state index in [1.54, 1.807) is 0 Å². The molecule has 1 atom stereocenters. The van der Waals surface area contributed by atoms with E-state index in [9.17, 15) is 4.79 Å². The van der Waals surface area contributed by atoms with Gasteiger partial charge in [0.2, 0.25) is 5.91 Å². The molecule has 0 radical (unpaired) electrons. The summed E-state index contributed by atoms with van der Waals surface area (Å²) in [5.41, 5.74) is 1.75. The molecule has 0 spiro atoms. The van der Waals surface area contributed by atoms with Crippen LogP contribution in [0.5, 0.6) is 0 Å². The lowest BCUT2D eigenvalue weighted by molar-refractivity contribution is -0.120. The van der Waals surface area contributed by atoms with Crippen LogP contribution >= 0.6 is 11.6 Å². The van der Waals surface area contributed by atoms with Crippen LogP contribution in [0, 0.1) is 12.8 Å². The van der Waals surface area contributed by atoms with E-state index >= 15 is 0 Å². The highest BCUT2D eigenvalue weighted by molar-refractivity contribution is 6.31. The predicted octanol–water partition coefficient (Wildman–Crippen LogP) is 4.80. The maximum Gasteiger partial charge on any atom is 0.227 e. The smallest absolute Gasteiger partial charge is 0.227 e. The van der Waals surface area contributed by atoms with E-state index in [1.807, 2.05) is 25.1 Å². The molecule has 0 aromatic heterocycles. The van der Waals surface area contributed by atoms with E-state index in [-0.39, 0.29) is 11.8 Å². The molecule has 1 unspecified atom stereocenters. The first-order valence-electron chi connectivity index (χ1n) is 6.66. The van der Waals surface area contributed by atoms with Crippen LogP contribution in [0.1, 0.15) is 45.1 Å². The Kier molecular flexibility index (Phi) is 6.20. The molecule has 1 aromatic rings. The number of benzene rings is 1. The van der Waals surface area contributed by atoms with Crippen molar-refractivity contribution in [3.05, 3.63) is 28.8 Å². The third-order valence-corrected chi connectivity index (χ3v) is 3.70. The van der Waals surface area contributed by atoms with Crippen LogP contribution in [0.2, 0.25) is 5.02 Å². The zero-order valence-electron chi connectivity index (χ0n) is 11.4. The third-order valence-electron chi connectivity index (χ3n) is 3.30. The first-order valence-corrected chi connectivity index (χ1v) is 7.03. The largest absolute Gasteiger partial charge is 0.326 e. The van der Waals surface area contributed by atoms with Gasteiger partial charge in [-0.25, -0.2) is 0 Å². The molecule has 1 rings (SSSR count). The van der Waals surface area contributed by atoms with Gasteiger partial charge in [0, 0.05) is 16.6 Å². The average Bonchev–Trinajstić information content (AvgIpc) is 2.36. The molecule has 1 N–H and O–H groups in total. The number of hydrogen-bond donors (Lipinski definition) is 1. The van der Waals surface area contributed by atoms with E-state index in [1.165, 1.54) is 0 Å². The lowest BCUT2D eigenvalue weighted by Gasteiger charge is -2.16. The second-order valence-electron chi connectivity index (χ2n) is 4.65. The monoisotopic (exact) mass is 267 g/mol. The Bertz CT molecular complexity index is 403. The number of anilines is 1. The molecule has 3 heteroatoms. The Balaban J connectivity index is 2.70. The minimum Gasteiger partial charge on any atom is -0.326 e. The van der Waals surface area contributed by atoms with Crippen molar-refractivity contribution in [1.82, 2.24) is 0 Å². The molecule has 0 aliphatic carbocycles. The highest BCUT2D eigenvalue weighted by atomic mass is 35.5. The first-order chi connectivity index (χ1) is 8.60. The summed E-state index contributed by atoms with van der Waals surface area (Å²) in [6.45, 7) is 6.13. The Labute approximate surface area is 115 Å². The fourth-order valence-corrected chi connectivity index (χ4v) is 2.12. The molecule has 0 saturated carbocycles. The van der Waals surface area contributed by atoms with Gasteiger partial charge in [-0.15, -0.1) is 0 Å². The molecular formula is C15H22ClNO. The van der Waals surface area contributed by atoms with Gasteiger partial charge in [-0.05, 0) is 37.5 Å². The third kappa shape index (κ3) is 4.02. The SMILES string of the molecule is CCCCC(CC)C(=O)Nc1cccc(Cl)c1C. The number of halogens is 1. The fourth-order valence-electron chi connectivity index (χ4n) is 1.95. The summed E-state index contributed by atoms with van der Waals surface area (Å²) < 4.78 is 0. The van der Waals surface area contributed by atoms with Crippen molar-refractivity contribution >= 4 is 23.2 Å². The minimum atomic E-state index is 0.100. The van der Waals surface area contributed by atoms with Crippen molar-refractivity contribution in [2.45, 2.75) is 46.5 Å². The number of nitrogens with one attached hydrogen (secondary N) is 1.